The molecule has 0 fully saturated rings. The Morgan fingerprint density at radius 2 is 1.67 bits per heavy atom. The van der Waals surface area contributed by atoms with Crippen LogP contribution in [0.3, 0.4) is 0 Å². The van der Waals surface area contributed by atoms with Crippen molar-refractivity contribution in [3.05, 3.63) is 95.3 Å². The summed E-state index contributed by atoms with van der Waals surface area (Å²) in [7, 11) is 0. The van der Waals surface area contributed by atoms with Crippen LogP contribution in [-0.2, 0) is 6.54 Å². The fraction of sp³-hybridized carbons (Fsp3) is 0.0476. The summed E-state index contributed by atoms with van der Waals surface area (Å²) in [6.07, 6.45) is 1.66. The predicted molar refractivity (Wildman–Crippen MR) is 101 cm³/mol. The third-order valence-corrected chi connectivity index (χ3v) is 3.82. The van der Waals surface area contributed by atoms with Crippen molar-refractivity contribution < 1.29 is 9.59 Å². The van der Waals surface area contributed by atoms with E-state index in [1.54, 1.807) is 54.7 Å². The third kappa shape index (κ3) is 4.77. The number of carbonyl (C=O) groups excluding carboxylic acids is 2. The number of aromatic nitrogens is 1. The number of pyridine rings is 1. The molecule has 132 valence electrons. The zero-order chi connectivity index (χ0) is 19.1. The number of hydrogen-bond donors (Lipinski definition) is 2. The van der Waals surface area contributed by atoms with Crippen molar-refractivity contribution in [2.24, 2.45) is 0 Å². The second-order valence-corrected chi connectivity index (χ2v) is 5.73. The second-order valence-electron chi connectivity index (χ2n) is 5.73. The fourth-order valence-corrected chi connectivity index (χ4v) is 2.41. The van der Waals surface area contributed by atoms with E-state index in [9.17, 15) is 9.59 Å². The van der Waals surface area contributed by atoms with Gasteiger partial charge in [-0.25, -0.2) is 0 Å². The first kappa shape index (κ1) is 17.8. The molecule has 0 saturated heterocycles. The molecule has 0 spiro atoms. The minimum atomic E-state index is -0.334. The normalized spacial score (nSPS) is 9.89. The van der Waals surface area contributed by atoms with Crippen LogP contribution in [0.4, 0.5) is 5.69 Å². The largest absolute Gasteiger partial charge is 0.346 e. The Labute approximate surface area is 156 Å². The molecule has 2 amide bonds. The van der Waals surface area contributed by atoms with Crippen LogP contribution in [0.15, 0.2) is 72.9 Å². The molecular formula is C21H16N4O2. The molecule has 0 aliphatic carbocycles. The van der Waals surface area contributed by atoms with Crippen LogP contribution < -0.4 is 10.6 Å². The Balaban J connectivity index is 1.65. The lowest BCUT2D eigenvalue weighted by Gasteiger charge is -2.08. The van der Waals surface area contributed by atoms with Gasteiger partial charge in [-0.15, -0.1) is 0 Å². The molecule has 0 saturated carbocycles. The van der Waals surface area contributed by atoms with E-state index in [1.165, 1.54) is 6.07 Å². The van der Waals surface area contributed by atoms with Crippen LogP contribution >= 0.6 is 0 Å². The maximum absolute atomic E-state index is 12.4. The predicted octanol–water partition coefficient (Wildman–Crippen LogP) is 3.14. The molecule has 0 bridgehead atoms. The Hall–Kier alpha value is -3.98. The van der Waals surface area contributed by atoms with E-state index >= 15 is 0 Å². The monoisotopic (exact) mass is 356 g/mol. The Morgan fingerprint density at radius 3 is 2.33 bits per heavy atom. The van der Waals surface area contributed by atoms with Gasteiger partial charge < -0.3 is 10.6 Å². The molecule has 0 aliphatic rings. The summed E-state index contributed by atoms with van der Waals surface area (Å²) in [5.41, 5.74) is 2.59. The van der Waals surface area contributed by atoms with Gasteiger partial charge in [0.05, 0.1) is 23.9 Å². The SMILES string of the molecule is N#Cc1ccc(NC(=O)c2cccc(C(=O)NCc3ccccn3)c2)cc1. The van der Waals surface area contributed by atoms with Crippen LogP contribution in [0.1, 0.15) is 32.0 Å². The maximum atomic E-state index is 12.4. The first-order chi connectivity index (χ1) is 13.2. The van der Waals surface area contributed by atoms with E-state index in [1.807, 2.05) is 18.2 Å². The molecule has 27 heavy (non-hydrogen) atoms. The minimum absolute atomic E-state index is 0.284. The Morgan fingerprint density at radius 1 is 0.926 bits per heavy atom. The van der Waals surface area contributed by atoms with Crippen LogP contribution in [0, 0.1) is 11.3 Å². The molecule has 0 radical (unpaired) electrons. The number of hydrogen-bond acceptors (Lipinski definition) is 4. The number of nitriles is 1. The number of rotatable bonds is 5. The summed E-state index contributed by atoms with van der Waals surface area (Å²) < 4.78 is 0. The first-order valence-electron chi connectivity index (χ1n) is 8.25. The number of nitrogens with one attached hydrogen (secondary N) is 2. The van der Waals surface area contributed by atoms with E-state index in [-0.39, 0.29) is 11.8 Å². The Bertz CT molecular complexity index is 993. The topological polar surface area (TPSA) is 94.9 Å². The highest BCUT2D eigenvalue weighted by molar-refractivity contribution is 6.06. The van der Waals surface area contributed by atoms with E-state index in [2.05, 4.69) is 15.6 Å². The van der Waals surface area contributed by atoms with Gasteiger partial charge in [0.2, 0.25) is 0 Å². The van der Waals surface area contributed by atoms with Gasteiger partial charge >= 0.3 is 0 Å². The van der Waals surface area contributed by atoms with E-state index in [0.29, 0.717) is 28.9 Å². The second kappa shape index (κ2) is 8.41. The molecule has 3 rings (SSSR count). The van der Waals surface area contributed by atoms with Crippen molar-refractivity contribution in [3.8, 4) is 6.07 Å². The molecule has 6 heteroatoms. The van der Waals surface area contributed by atoms with Crippen LogP contribution in [0.2, 0.25) is 0 Å². The van der Waals surface area contributed by atoms with Crippen molar-refractivity contribution in [1.29, 1.82) is 5.26 Å². The standard InChI is InChI=1S/C21H16N4O2/c22-13-15-7-9-18(10-8-15)25-21(27)17-5-3-4-16(12-17)20(26)24-14-19-6-1-2-11-23-19/h1-12H,14H2,(H,24,26)(H,25,27). The molecule has 0 aliphatic heterocycles. The molecule has 1 aromatic heterocycles. The number of anilines is 1. The molecule has 0 atom stereocenters. The van der Waals surface area contributed by atoms with Gasteiger partial charge in [0.1, 0.15) is 0 Å². The van der Waals surface area contributed by atoms with Crippen molar-refractivity contribution in [2.75, 3.05) is 5.32 Å². The van der Waals surface area contributed by atoms with Crippen LogP contribution in [0.5, 0.6) is 0 Å². The highest BCUT2D eigenvalue weighted by atomic mass is 16.2. The molecule has 1 heterocycles. The number of benzene rings is 2. The summed E-state index contributed by atoms with van der Waals surface area (Å²) in [6.45, 7) is 0.307. The van der Waals surface area contributed by atoms with Gasteiger partial charge in [-0.1, -0.05) is 12.1 Å². The minimum Gasteiger partial charge on any atom is -0.346 e. The zero-order valence-corrected chi connectivity index (χ0v) is 14.3. The molecule has 2 aromatic carbocycles. The summed E-state index contributed by atoms with van der Waals surface area (Å²) in [6, 6.07) is 20.5. The van der Waals surface area contributed by atoms with Gasteiger partial charge in [-0.3, -0.25) is 14.6 Å². The number of carbonyl (C=O) groups is 2. The van der Waals surface area contributed by atoms with E-state index in [4.69, 9.17) is 5.26 Å². The average Bonchev–Trinajstić information content (AvgIpc) is 2.73. The number of amides is 2. The maximum Gasteiger partial charge on any atom is 0.255 e. The van der Waals surface area contributed by atoms with Crippen molar-refractivity contribution in [1.82, 2.24) is 10.3 Å². The lowest BCUT2D eigenvalue weighted by atomic mass is 10.1. The molecule has 0 unspecified atom stereocenters. The van der Waals surface area contributed by atoms with E-state index < -0.39 is 0 Å². The fourth-order valence-electron chi connectivity index (χ4n) is 2.41. The summed E-state index contributed by atoms with van der Waals surface area (Å²) in [4.78, 5) is 28.9. The summed E-state index contributed by atoms with van der Waals surface area (Å²) in [5, 5.41) is 14.3. The van der Waals surface area contributed by atoms with Crippen molar-refractivity contribution in [3.63, 3.8) is 0 Å². The molecule has 3 aromatic rings. The van der Waals surface area contributed by atoms with Gasteiger partial charge in [0, 0.05) is 23.0 Å². The lowest BCUT2D eigenvalue weighted by Crippen LogP contribution is -2.23. The van der Waals surface area contributed by atoms with E-state index in [0.717, 1.165) is 5.69 Å². The summed E-state index contributed by atoms with van der Waals surface area (Å²) >= 11 is 0. The third-order valence-electron chi connectivity index (χ3n) is 3.82. The smallest absolute Gasteiger partial charge is 0.255 e. The van der Waals surface area contributed by atoms with Crippen molar-refractivity contribution in [2.45, 2.75) is 6.54 Å². The molecule has 6 nitrogen and oxygen atoms in total. The van der Waals surface area contributed by atoms with Gasteiger partial charge in [0.15, 0.2) is 0 Å². The Kier molecular flexibility index (Phi) is 5.55. The van der Waals surface area contributed by atoms with Crippen LogP contribution in [0.25, 0.3) is 0 Å². The van der Waals surface area contributed by atoms with Gasteiger partial charge in [-0.2, -0.15) is 5.26 Å². The van der Waals surface area contributed by atoms with Crippen LogP contribution in [-0.4, -0.2) is 16.8 Å². The molecular weight excluding hydrogens is 340 g/mol. The molecule has 2 N–H and O–H groups in total. The highest BCUT2D eigenvalue weighted by Crippen LogP contribution is 2.12. The van der Waals surface area contributed by atoms with Crippen molar-refractivity contribution >= 4 is 17.5 Å². The highest BCUT2D eigenvalue weighted by Gasteiger charge is 2.11. The quantitative estimate of drug-likeness (QED) is 0.734. The average molecular weight is 356 g/mol. The zero-order valence-electron chi connectivity index (χ0n) is 14.3. The van der Waals surface area contributed by atoms with Gasteiger partial charge in [0.25, 0.3) is 11.8 Å². The van der Waals surface area contributed by atoms with Gasteiger partial charge in [-0.05, 0) is 54.6 Å². The summed E-state index contributed by atoms with van der Waals surface area (Å²) in [5.74, 6) is -0.618. The number of nitrogens with zero attached hydrogens (tertiary/aromatic N) is 2. The first-order valence-corrected chi connectivity index (χ1v) is 8.25. The lowest BCUT2D eigenvalue weighted by molar-refractivity contribution is 0.0950.